The van der Waals surface area contributed by atoms with E-state index in [-0.39, 0.29) is 19.3 Å². The van der Waals surface area contributed by atoms with Crippen LogP contribution in [0.5, 0.6) is 0 Å². The number of hydrogen-bond donors (Lipinski definition) is 4. The first-order valence-corrected chi connectivity index (χ1v) is 4.75. The molecule has 0 aliphatic heterocycles. The van der Waals surface area contributed by atoms with Crippen LogP contribution in [0.2, 0.25) is 0 Å². The molecule has 13 heavy (non-hydrogen) atoms. The third kappa shape index (κ3) is 5.99. The highest BCUT2D eigenvalue weighted by molar-refractivity contribution is 4.71. The highest BCUT2D eigenvalue weighted by Gasteiger charge is 2.13. The Morgan fingerprint density at radius 2 is 1.85 bits per heavy atom. The van der Waals surface area contributed by atoms with Crippen molar-refractivity contribution in [2.75, 3.05) is 19.8 Å². The molecule has 0 amide bonds. The highest BCUT2D eigenvalue weighted by atomic mass is 16.3. The lowest BCUT2D eigenvalue weighted by Crippen LogP contribution is -2.40. The van der Waals surface area contributed by atoms with Crippen molar-refractivity contribution in [1.82, 2.24) is 5.32 Å². The van der Waals surface area contributed by atoms with Gasteiger partial charge < -0.3 is 20.6 Å². The van der Waals surface area contributed by atoms with Gasteiger partial charge in [0.25, 0.3) is 0 Å². The summed E-state index contributed by atoms with van der Waals surface area (Å²) in [5.74, 6) is 0.415. The van der Waals surface area contributed by atoms with Gasteiger partial charge in [-0.1, -0.05) is 13.8 Å². The molecule has 80 valence electrons. The maximum Gasteiger partial charge on any atom is 0.0895 e. The Balaban J connectivity index is 3.68. The molecule has 0 aromatic heterocycles. The molecular formula is C9H21NO3. The smallest absolute Gasteiger partial charge is 0.0895 e. The van der Waals surface area contributed by atoms with Crippen LogP contribution in [0, 0.1) is 5.92 Å². The summed E-state index contributed by atoms with van der Waals surface area (Å²) in [5, 5.41) is 29.5. The number of aliphatic hydroxyl groups is 3. The van der Waals surface area contributed by atoms with Gasteiger partial charge in [0.15, 0.2) is 0 Å². The molecule has 4 N–H and O–H groups in total. The molecule has 0 radical (unpaired) electrons. The molecular weight excluding hydrogens is 170 g/mol. The maximum atomic E-state index is 9.08. The van der Waals surface area contributed by atoms with Crippen LogP contribution in [0.4, 0.5) is 0 Å². The van der Waals surface area contributed by atoms with Gasteiger partial charge in [-0.05, 0) is 12.3 Å². The first-order chi connectivity index (χ1) is 6.11. The normalized spacial score (nSPS) is 16.2. The molecule has 2 atom stereocenters. The monoisotopic (exact) mass is 191 g/mol. The summed E-state index contributed by atoms with van der Waals surface area (Å²) < 4.78 is 0. The van der Waals surface area contributed by atoms with Crippen molar-refractivity contribution in [3.05, 3.63) is 0 Å². The second kappa shape index (κ2) is 7.26. The Morgan fingerprint density at radius 1 is 1.23 bits per heavy atom. The zero-order chi connectivity index (χ0) is 10.3. The first-order valence-electron chi connectivity index (χ1n) is 4.75. The van der Waals surface area contributed by atoms with Gasteiger partial charge in [0.2, 0.25) is 0 Å². The first kappa shape index (κ1) is 12.8. The largest absolute Gasteiger partial charge is 0.396 e. The third-order valence-corrected chi connectivity index (χ3v) is 2.07. The van der Waals surface area contributed by atoms with Crippen molar-refractivity contribution in [2.24, 2.45) is 5.92 Å². The maximum absolute atomic E-state index is 9.08. The predicted molar refractivity (Wildman–Crippen MR) is 51.4 cm³/mol. The van der Waals surface area contributed by atoms with Gasteiger partial charge >= 0.3 is 0 Å². The Kier molecular flexibility index (Phi) is 7.17. The number of aliphatic hydroxyl groups excluding tert-OH is 3. The summed E-state index contributed by atoms with van der Waals surface area (Å²) in [6.07, 6.45) is -0.0320. The van der Waals surface area contributed by atoms with E-state index in [2.05, 4.69) is 19.2 Å². The van der Waals surface area contributed by atoms with E-state index in [9.17, 15) is 0 Å². The standard InChI is InChI=1S/C9H21NO3/c1-7(2)9(3-4-11)10-5-8(13)6-12/h7-13H,3-6H2,1-2H3. The number of hydrogen-bond acceptors (Lipinski definition) is 4. The summed E-state index contributed by atoms with van der Waals surface area (Å²) in [5.41, 5.74) is 0. The van der Waals surface area contributed by atoms with Gasteiger partial charge in [-0.25, -0.2) is 0 Å². The molecule has 0 fully saturated rings. The fourth-order valence-electron chi connectivity index (χ4n) is 1.16. The summed E-state index contributed by atoms with van der Waals surface area (Å²) in [7, 11) is 0. The Hall–Kier alpha value is -0.160. The predicted octanol–water partition coefficient (Wildman–Crippen LogP) is -0.664. The molecule has 0 aliphatic carbocycles. The van der Waals surface area contributed by atoms with E-state index in [1.165, 1.54) is 0 Å². The van der Waals surface area contributed by atoms with Gasteiger partial charge in [-0.3, -0.25) is 0 Å². The van der Waals surface area contributed by atoms with Crippen LogP contribution in [-0.4, -0.2) is 47.2 Å². The van der Waals surface area contributed by atoms with Gasteiger partial charge in [-0.15, -0.1) is 0 Å². The number of rotatable bonds is 7. The summed E-state index contributed by atoms with van der Waals surface area (Å²) in [6.45, 7) is 4.40. The van der Waals surface area contributed by atoms with E-state index < -0.39 is 6.10 Å². The van der Waals surface area contributed by atoms with Crippen molar-refractivity contribution in [1.29, 1.82) is 0 Å². The molecule has 0 aliphatic rings. The quantitative estimate of drug-likeness (QED) is 0.431. The minimum Gasteiger partial charge on any atom is -0.396 e. The molecule has 0 bridgehead atoms. The molecule has 4 heteroatoms. The third-order valence-electron chi connectivity index (χ3n) is 2.07. The lowest BCUT2D eigenvalue weighted by Gasteiger charge is -2.22. The summed E-state index contributed by atoms with van der Waals surface area (Å²) in [4.78, 5) is 0. The minimum absolute atomic E-state index is 0.144. The van der Waals surface area contributed by atoms with E-state index in [0.717, 1.165) is 0 Å². The average Bonchev–Trinajstić information content (AvgIpc) is 2.11. The zero-order valence-electron chi connectivity index (χ0n) is 8.40. The van der Waals surface area contributed by atoms with Gasteiger partial charge in [0.1, 0.15) is 0 Å². The summed E-state index contributed by atoms with van der Waals surface area (Å²) in [6, 6.07) is 0.200. The molecule has 0 aromatic rings. The molecule has 0 saturated carbocycles. The Bertz CT molecular complexity index is 119. The Morgan fingerprint density at radius 3 is 2.23 bits per heavy atom. The fourth-order valence-corrected chi connectivity index (χ4v) is 1.16. The topological polar surface area (TPSA) is 72.7 Å². The van der Waals surface area contributed by atoms with Crippen molar-refractivity contribution in [3.8, 4) is 0 Å². The van der Waals surface area contributed by atoms with E-state index in [1.54, 1.807) is 0 Å². The lowest BCUT2D eigenvalue weighted by atomic mass is 10.0. The van der Waals surface area contributed by atoms with E-state index in [0.29, 0.717) is 18.9 Å². The van der Waals surface area contributed by atoms with Crippen LogP contribution < -0.4 is 5.32 Å². The summed E-state index contributed by atoms with van der Waals surface area (Å²) >= 11 is 0. The van der Waals surface area contributed by atoms with Gasteiger partial charge in [-0.2, -0.15) is 0 Å². The van der Waals surface area contributed by atoms with Crippen LogP contribution in [0.1, 0.15) is 20.3 Å². The second-order valence-electron chi connectivity index (χ2n) is 3.61. The van der Waals surface area contributed by atoms with Crippen LogP contribution in [0.3, 0.4) is 0 Å². The number of nitrogens with one attached hydrogen (secondary N) is 1. The minimum atomic E-state index is -0.708. The zero-order valence-corrected chi connectivity index (χ0v) is 8.40. The van der Waals surface area contributed by atoms with E-state index >= 15 is 0 Å². The molecule has 0 heterocycles. The van der Waals surface area contributed by atoms with Crippen molar-refractivity contribution < 1.29 is 15.3 Å². The van der Waals surface area contributed by atoms with Crippen LogP contribution in [0.15, 0.2) is 0 Å². The molecule has 0 saturated heterocycles. The fraction of sp³-hybridized carbons (Fsp3) is 1.00. The van der Waals surface area contributed by atoms with Gasteiger partial charge in [0, 0.05) is 19.2 Å². The van der Waals surface area contributed by atoms with Gasteiger partial charge in [0.05, 0.1) is 12.7 Å². The molecule has 2 unspecified atom stereocenters. The SMILES string of the molecule is CC(C)C(CCO)NCC(O)CO. The van der Waals surface area contributed by atoms with Crippen molar-refractivity contribution in [2.45, 2.75) is 32.4 Å². The lowest BCUT2D eigenvalue weighted by molar-refractivity contribution is 0.0885. The van der Waals surface area contributed by atoms with Crippen LogP contribution in [0.25, 0.3) is 0 Å². The van der Waals surface area contributed by atoms with E-state index in [4.69, 9.17) is 15.3 Å². The molecule has 0 rings (SSSR count). The van der Waals surface area contributed by atoms with Crippen molar-refractivity contribution in [3.63, 3.8) is 0 Å². The molecule has 0 aromatic carbocycles. The van der Waals surface area contributed by atoms with Crippen LogP contribution >= 0.6 is 0 Å². The molecule has 0 spiro atoms. The average molecular weight is 191 g/mol. The van der Waals surface area contributed by atoms with E-state index in [1.807, 2.05) is 0 Å². The van der Waals surface area contributed by atoms with Crippen LogP contribution in [-0.2, 0) is 0 Å². The highest BCUT2D eigenvalue weighted by Crippen LogP contribution is 2.05. The molecule has 4 nitrogen and oxygen atoms in total. The Labute approximate surface area is 79.6 Å². The van der Waals surface area contributed by atoms with Crippen molar-refractivity contribution >= 4 is 0 Å². The second-order valence-corrected chi connectivity index (χ2v) is 3.61.